The summed E-state index contributed by atoms with van der Waals surface area (Å²) in [4.78, 5) is 0. The lowest BCUT2D eigenvalue weighted by molar-refractivity contribution is 0.0463. The van der Waals surface area contributed by atoms with Crippen LogP contribution in [0.1, 0.15) is 6.92 Å². The van der Waals surface area contributed by atoms with E-state index in [4.69, 9.17) is 9.47 Å². The maximum atomic E-state index is 5.05. The summed E-state index contributed by atoms with van der Waals surface area (Å²) in [6, 6.07) is 0. The fraction of sp³-hybridized carbons (Fsp3) is 0.833. The van der Waals surface area contributed by atoms with Crippen molar-refractivity contribution in [1.82, 2.24) is 0 Å². The molecular formula is C6H13O2. The summed E-state index contributed by atoms with van der Waals surface area (Å²) in [6.45, 7) is 6.82. The van der Waals surface area contributed by atoms with Gasteiger partial charge in [0.15, 0.2) is 0 Å². The quantitative estimate of drug-likeness (QED) is 0.509. The van der Waals surface area contributed by atoms with Gasteiger partial charge in [-0.25, -0.2) is 0 Å². The minimum Gasteiger partial charge on any atom is -0.382 e. The molecule has 0 aliphatic carbocycles. The van der Waals surface area contributed by atoms with E-state index in [-0.39, 0.29) is 6.10 Å². The summed E-state index contributed by atoms with van der Waals surface area (Å²) >= 11 is 0. The molecule has 0 fully saturated rings. The summed E-state index contributed by atoms with van der Waals surface area (Å²) in [5, 5.41) is 0. The van der Waals surface area contributed by atoms with Crippen LogP contribution in [0.15, 0.2) is 0 Å². The van der Waals surface area contributed by atoms with Gasteiger partial charge in [-0.2, -0.15) is 0 Å². The van der Waals surface area contributed by atoms with Gasteiger partial charge in [-0.3, -0.25) is 0 Å². The van der Waals surface area contributed by atoms with Gasteiger partial charge in [0.05, 0.1) is 19.3 Å². The number of hydrogen-bond acceptors (Lipinski definition) is 2. The first-order valence-electron chi connectivity index (χ1n) is 2.71. The Balaban J connectivity index is 2.72. The minimum atomic E-state index is 0.0742. The molecule has 0 rings (SSSR count). The van der Waals surface area contributed by atoms with E-state index in [1.165, 1.54) is 0 Å². The Labute approximate surface area is 50.8 Å². The molecule has 0 bridgehead atoms. The van der Waals surface area contributed by atoms with E-state index in [0.717, 1.165) is 0 Å². The van der Waals surface area contributed by atoms with Gasteiger partial charge >= 0.3 is 0 Å². The normalized spacial score (nSPS) is 10.5. The van der Waals surface area contributed by atoms with Crippen LogP contribution in [-0.4, -0.2) is 26.4 Å². The molecule has 0 saturated heterocycles. The average Bonchev–Trinajstić information content (AvgIpc) is 1.66. The summed E-state index contributed by atoms with van der Waals surface area (Å²) < 4.78 is 9.79. The van der Waals surface area contributed by atoms with Gasteiger partial charge in [-0.1, -0.05) is 0 Å². The molecule has 1 radical (unpaired) electrons. The van der Waals surface area contributed by atoms with Crippen molar-refractivity contribution in [3.63, 3.8) is 0 Å². The molecule has 2 nitrogen and oxygen atoms in total. The standard InChI is InChI=1S/C6H13O2/c1-6(2)8-5-4-7-3/h6H,1,4-5H2,2-3H3. The van der Waals surface area contributed by atoms with Gasteiger partial charge in [-0.05, 0) is 13.8 Å². The van der Waals surface area contributed by atoms with Crippen LogP contribution in [0.4, 0.5) is 0 Å². The Kier molecular flexibility index (Phi) is 5.01. The second-order valence-electron chi connectivity index (χ2n) is 1.67. The highest BCUT2D eigenvalue weighted by atomic mass is 16.5. The van der Waals surface area contributed by atoms with Crippen LogP contribution in [-0.2, 0) is 9.47 Å². The van der Waals surface area contributed by atoms with Gasteiger partial charge in [0.1, 0.15) is 0 Å². The Morgan fingerprint density at radius 1 is 1.50 bits per heavy atom. The lowest BCUT2D eigenvalue weighted by atomic mass is 10.5. The van der Waals surface area contributed by atoms with E-state index < -0.39 is 0 Å². The van der Waals surface area contributed by atoms with Crippen LogP contribution in [0.25, 0.3) is 0 Å². The smallest absolute Gasteiger partial charge is 0.0703 e. The zero-order valence-electron chi connectivity index (χ0n) is 5.52. The van der Waals surface area contributed by atoms with Gasteiger partial charge in [0, 0.05) is 7.11 Å². The van der Waals surface area contributed by atoms with Crippen molar-refractivity contribution in [2.24, 2.45) is 0 Å². The van der Waals surface area contributed by atoms with E-state index in [2.05, 4.69) is 6.92 Å². The van der Waals surface area contributed by atoms with Gasteiger partial charge in [-0.15, -0.1) is 0 Å². The first-order valence-corrected chi connectivity index (χ1v) is 2.71. The maximum absolute atomic E-state index is 5.05. The summed E-state index contributed by atoms with van der Waals surface area (Å²) in [6.07, 6.45) is 0.0742. The predicted octanol–water partition coefficient (Wildman–Crippen LogP) is 0.872. The molecule has 0 aliphatic heterocycles. The van der Waals surface area contributed by atoms with E-state index in [9.17, 15) is 0 Å². The third kappa shape index (κ3) is 5.92. The molecule has 0 spiro atoms. The zero-order valence-corrected chi connectivity index (χ0v) is 5.52. The molecule has 0 aliphatic rings. The highest BCUT2D eigenvalue weighted by Crippen LogP contribution is 1.84. The molecule has 0 N–H and O–H groups in total. The number of ether oxygens (including phenoxy) is 2. The van der Waals surface area contributed by atoms with E-state index in [0.29, 0.717) is 13.2 Å². The molecule has 0 aromatic carbocycles. The Hall–Kier alpha value is -0.0800. The largest absolute Gasteiger partial charge is 0.382 e. The van der Waals surface area contributed by atoms with Crippen LogP contribution in [0.2, 0.25) is 0 Å². The zero-order chi connectivity index (χ0) is 6.41. The van der Waals surface area contributed by atoms with E-state index >= 15 is 0 Å². The van der Waals surface area contributed by atoms with Crippen LogP contribution in [0.5, 0.6) is 0 Å². The molecule has 0 saturated carbocycles. The molecule has 2 heteroatoms. The fourth-order valence-electron chi connectivity index (χ4n) is 0.333. The molecule has 8 heavy (non-hydrogen) atoms. The monoisotopic (exact) mass is 117 g/mol. The van der Waals surface area contributed by atoms with Crippen LogP contribution < -0.4 is 0 Å². The van der Waals surface area contributed by atoms with E-state index in [1.807, 2.05) is 6.92 Å². The maximum Gasteiger partial charge on any atom is 0.0703 e. The lowest BCUT2D eigenvalue weighted by Crippen LogP contribution is -2.08. The van der Waals surface area contributed by atoms with Crippen molar-refractivity contribution in [3.8, 4) is 0 Å². The molecule has 0 aromatic rings. The molecule has 1 atom stereocenters. The molecule has 0 aromatic heterocycles. The minimum absolute atomic E-state index is 0.0742. The molecule has 49 valence electrons. The van der Waals surface area contributed by atoms with Crippen molar-refractivity contribution in [2.75, 3.05) is 20.3 Å². The Morgan fingerprint density at radius 3 is 2.50 bits per heavy atom. The van der Waals surface area contributed by atoms with Gasteiger partial charge in [0.25, 0.3) is 0 Å². The summed E-state index contributed by atoms with van der Waals surface area (Å²) in [5.74, 6) is 0. The lowest BCUT2D eigenvalue weighted by Gasteiger charge is -2.04. The van der Waals surface area contributed by atoms with E-state index in [1.54, 1.807) is 7.11 Å². The number of rotatable bonds is 4. The van der Waals surface area contributed by atoms with Crippen LogP contribution in [0.3, 0.4) is 0 Å². The van der Waals surface area contributed by atoms with Crippen molar-refractivity contribution in [1.29, 1.82) is 0 Å². The van der Waals surface area contributed by atoms with Crippen molar-refractivity contribution in [3.05, 3.63) is 6.92 Å². The third-order valence-corrected chi connectivity index (χ3v) is 0.690. The van der Waals surface area contributed by atoms with Crippen molar-refractivity contribution >= 4 is 0 Å². The third-order valence-electron chi connectivity index (χ3n) is 0.690. The first kappa shape index (κ1) is 7.92. The van der Waals surface area contributed by atoms with Crippen molar-refractivity contribution < 1.29 is 9.47 Å². The number of hydrogen-bond donors (Lipinski definition) is 0. The van der Waals surface area contributed by atoms with Crippen LogP contribution in [0, 0.1) is 6.92 Å². The molecule has 1 unspecified atom stereocenters. The summed E-state index contributed by atoms with van der Waals surface area (Å²) in [5.41, 5.74) is 0. The molecular weight excluding hydrogens is 104 g/mol. The van der Waals surface area contributed by atoms with Crippen molar-refractivity contribution in [2.45, 2.75) is 13.0 Å². The first-order chi connectivity index (χ1) is 3.77. The Morgan fingerprint density at radius 2 is 2.12 bits per heavy atom. The SMILES string of the molecule is [CH2]C(C)OCCOC. The average molecular weight is 117 g/mol. The number of methoxy groups -OCH3 is 1. The molecule has 0 amide bonds. The van der Waals surface area contributed by atoms with Gasteiger partial charge < -0.3 is 9.47 Å². The Bertz CT molecular complexity index is 43.8. The topological polar surface area (TPSA) is 18.5 Å². The highest BCUT2D eigenvalue weighted by Gasteiger charge is 1.89. The van der Waals surface area contributed by atoms with Crippen LogP contribution >= 0.6 is 0 Å². The predicted molar refractivity (Wildman–Crippen MR) is 32.6 cm³/mol. The highest BCUT2D eigenvalue weighted by molar-refractivity contribution is 4.48. The second kappa shape index (κ2) is 5.06. The fourth-order valence-corrected chi connectivity index (χ4v) is 0.333. The molecule has 0 heterocycles. The van der Waals surface area contributed by atoms with Gasteiger partial charge in [0.2, 0.25) is 0 Å². The second-order valence-corrected chi connectivity index (χ2v) is 1.67. The summed E-state index contributed by atoms with van der Waals surface area (Å²) in [7, 11) is 1.65.